The summed E-state index contributed by atoms with van der Waals surface area (Å²) < 4.78 is 69.5. The summed E-state index contributed by atoms with van der Waals surface area (Å²) in [6, 6.07) is 160. The van der Waals surface area contributed by atoms with E-state index in [9.17, 15) is 27.8 Å². The van der Waals surface area contributed by atoms with Crippen molar-refractivity contribution in [2.75, 3.05) is 0 Å². The minimum absolute atomic E-state index is 0. The van der Waals surface area contributed by atoms with E-state index in [4.69, 9.17) is 25.7 Å². The zero-order chi connectivity index (χ0) is 94.6. The molecule has 0 amide bonds. The second-order valence-corrected chi connectivity index (χ2v) is 66.0. The van der Waals surface area contributed by atoms with Crippen molar-refractivity contribution in [2.45, 2.75) is 85.3 Å². The van der Waals surface area contributed by atoms with Crippen LogP contribution in [0, 0.1) is 41.7 Å². The molecule has 0 saturated carbocycles. The van der Waals surface area contributed by atoms with Gasteiger partial charge in [0.2, 0.25) is 41.6 Å². The molecule has 0 saturated heterocycles. The number of aliphatic hydroxyl groups is 1. The van der Waals surface area contributed by atoms with E-state index in [1.165, 1.54) is 10.4 Å². The van der Waals surface area contributed by atoms with Crippen LogP contribution in [0.1, 0.15) is 20.8 Å². The van der Waals surface area contributed by atoms with E-state index in [2.05, 4.69) is 154 Å². The van der Waals surface area contributed by atoms with Crippen molar-refractivity contribution in [2.24, 2.45) is 0 Å². The van der Waals surface area contributed by atoms with Gasteiger partial charge in [-0.1, -0.05) is 485 Å². The SMILES string of the molecule is CC(C)(C)O.C[Si](C)(O)O[Si](C)(c1ccccc1)c1ccccc1.C[Si](O)(O[Si](C)(c1ccccc1)c1ccccc1)O[Si](C)(c1ccccc1)c1ccccc1.C[Si](O)(O[Si](C)(c1ccccc1)c1ccccc1)O[Si](C)(c1ccccc1)c1ccccc1.O=[Si](c1ccccc1)c1ccccc1.O=[Si](c1ccccc1)c1ccccc1.O=[Si](c1ccccc1)c1ccccc1.[Ce]. The standard InChI is InChI=1S/2C27H30O3Si3.C15H20O2Si2.3C12H10OSi.C4H10O.Ce/c2*1-31(24-16-8-4-9-17-24,25-18-10-5-11-19-25)29-33(3,28)30-32(2,26-20-12-6-13-21-26)27-22-14-7-15-23-27;1-18(2,16)17-19(3,14-10-6-4-7-11-14)15-12-8-5-9-13-15;3*13-14(11-7-3-1-4-8-11)12-9-5-2-6-10-12;1-4(2,3)5;/h2*4-23,28H,1-3H3;4-13,16H,1-3H3;3*1-10H;5H,1-3H3;. The third-order valence-corrected chi connectivity index (χ3v) is 57.2. The Balaban J connectivity index is 0.000000184. The van der Waals surface area contributed by atoms with Crippen LogP contribution >= 0.6 is 0 Å². The topological polar surface area (TPSA) is 178 Å². The maximum absolute atomic E-state index is 12.0. The molecular weight excluding hydrogens is 1950 g/mol. The number of hydrogen-bond donors (Lipinski definition) is 4. The molecule has 0 aliphatic heterocycles. The molecule has 0 aliphatic rings. The van der Waals surface area contributed by atoms with E-state index >= 15 is 0 Å². The van der Waals surface area contributed by atoms with Crippen molar-refractivity contribution >= 4 is 177 Å². The van der Waals surface area contributed by atoms with Gasteiger partial charge >= 0.3 is 52.2 Å². The van der Waals surface area contributed by atoms with Gasteiger partial charge in [-0.05, 0) is 118 Å². The Kier molecular flexibility index (Phi) is 41.7. The molecule has 676 valence electrons. The summed E-state index contributed by atoms with van der Waals surface area (Å²) in [5.74, 6) is 0. The molecule has 16 aromatic rings. The van der Waals surface area contributed by atoms with Gasteiger partial charge in [-0.2, -0.15) is 0 Å². The predicted molar refractivity (Wildman–Crippen MR) is 569 cm³/mol. The summed E-state index contributed by atoms with van der Waals surface area (Å²) in [5, 5.41) is 25.3. The first-order valence-electron chi connectivity index (χ1n) is 44.1. The molecule has 0 spiro atoms. The Morgan fingerprint density at radius 1 is 0.188 bits per heavy atom. The van der Waals surface area contributed by atoms with Crippen LogP contribution in [0.15, 0.2) is 485 Å². The van der Waals surface area contributed by atoms with Crippen LogP contribution in [0.25, 0.3) is 0 Å². The molecule has 4 N–H and O–H groups in total. The van der Waals surface area contributed by atoms with Crippen LogP contribution in [-0.2, 0) is 34.0 Å². The molecule has 16 aromatic carbocycles. The molecule has 24 heteroatoms. The van der Waals surface area contributed by atoms with E-state index in [1.807, 2.05) is 377 Å². The quantitative estimate of drug-likeness (QED) is 0.0378. The summed E-state index contributed by atoms with van der Waals surface area (Å²) in [6.45, 7) is 23.1. The van der Waals surface area contributed by atoms with E-state index in [0.717, 1.165) is 72.6 Å². The molecule has 0 radical (unpaired) electrons. The van der Waals surface area contributed by atoms with E-state index in [1.54, 1.807) is 33.9 Å². The van der Waals surface area contributed by atoms with Crippen molar-refractivity contribution in [1.82, 2.24) is 0 Å². The Bertz CT molecular complexity index is 5150. The van der Waals surface area contributed by atoms with Crippen LogP contribution in [0.2, 0.25) is 58.9 Å². The maximum Gasteiger partial charge on any atom is 0.474 e. The number of benzene rings is 16. The first-order chi connectivity index (χ1) is 63.2. The third-order valence-electron chi connectivity index (χ3n) is 21.5. The second-order valence-electron chi connectivity index (χ2n) is 33.9. The van der Waals surface area contributed by atoms with Crippen molar-refractivity contribution in [3.05, 3.63) is 485 Å². The van der Waals surface area contributed by atoms with Gasteiger partial charge in [0, 0.05) is 86.0 Å². The molecule has 0 fully saturated rings. The zero-order valence-corrected chi connectivity index (χ0v) is 91.9. The molecule has 0 unspecified atom stereocenters. The smallest absolute Gasteiger partial charge is 0.429 e. The van der Waals surface area contributed by atoms with Gasteiger partial charge in [-0.15, -0.1) is 0 Å². The van der Waals surface area contributed by atoms with Gasteiger partial charge in [0.25, 0.3) is 0 Å². The van der Waals surface area contributed by atoms with Gasteiger partial charge in [0.1, 0.15) is 0 Å². The average molecular weight is 2070 g/mol. The monoisotopic (exact) mass is 2070 g/mol. The van der Waals surface area contributed by atoms with Crippen LogP contribution < -0.4 is 83.0 Å². The largest absolute Gasteiger partial charge is 0.474 e. The molecule has 16 rings (SSSR count). The molecule has 0 atom stereocenters. The van der Waals surface area contributed by atoms with Crippen LogP contribution in [0.4, 0.5) is 0 Å². The van der Waals surface area contributed by atoms with Gasteiger partial charge < -0.3 is 53.5 Å². The van der Waals surface area contributed by atoms with Crippen molar-refractivity contribution in [3.8, 4) is 0 Å². The fourth-order valence-corrected chi connectivity index (χ4v) is 50.9. The minimum atomic E-state index is -3.58. The summed E-state index contributed by atoms with van der Waals surface area (Å²) in [7, 11) is -28.4. The second kappa shape index (κ2) is 51.9. The first-order valence-corrected chi connectivity index (χ1v) is 67.8. The summed E-state index contributed by atoms with van der Waals surface area (Å²) in [6.07, 6.45) is 0. The van der Waals surface area contributed by atoms with Crippen molar-refractivity contribution in [3.63, 3.8) is 0 Å². The third kappa shape index (κ3) is 32.8. The molecular formula is C109H120CeO12Si11. The molecule has 0 heterocycles. The van der Waals surface area contributed by atoms with Crippen LogP contribution in [0.3, 0.4) is 0 Å². The van der Waals surface area contributed by atoms with Gasteiger partial charge in [-0.3, -0.25) is 0 Å². The summed E-state index contributed by atoms with van der Waals surface area (Å²) >= 11 is 0. The molecule has 12 nitrogen and oxygen atoms in total. The molecule has 0 bridgehead atoms. The van der Waals surface area contributed by atoms with Gasteiger partial charge in [0.15, 0.2) is 0 Å². The Hall–Kier alpha value is -9.68. The number of rotatable bonds is 26. The van der Waals surface area contributed by atoms with Crippen molar-refractivity contribution < 1.29 is 95.2 Å². The summed E-state index contributed by atoms with van der Waals surface area (Å²) in [5.41, 5.74) is -0.500. The van der Waals surface area contributed by atoms with Gasteiger partial charge in [0.05, 0.1) is 5.60 Å². The Morgan fingerprint density at radius 2 is 0.278 bits per heavy atom. The zero-order valence-electron chi connectivity index (χ0n) is 77.7. The maximum atomic E-state index is 12.0. The van der Waals surface area contributed by atoms with Crippen LogP contribution in [0.5, 0.6) is 0 Å². The molecule has 0 aromatic heterocycles. The molecule has 0 aliphatic carbocycles. The van der Waals surface area contributed by atoms with E-state index < -0.39 is 99.4 Å². The van der Waals surface area contributed by atoms with Gasteiger partial charge in [-0.25, -0.2) is 0 Å². The van der Waals surface area contributed by atoms with Crippen molar-refractivity contribution in [1.29, 1.82) is 0 Å². The number of hydrogen-bond acceptors (Lipinski definition) is 12. The van der Waals surface area contributed by atoms with E-state index in [-0.39, 0.29) is 41.7 Å². The fourth-order valence-electron chi connectivity index (χ4n) is 15.1. The predicted octanol–water partition coefficient (Wildman–Crippen LogP) is 13.3. The van der Waals surface area contributed by atoms with E-state index in [0.29, 0.717) is 0 Å². The first kappa shape index (κ1) is 107. The average Bonchev–Trinajstić information content (AvgIpc) is 0.760. The minimum Gasteiger partial charge on any atom is -0.429 e. The molecule has 133 heavy (non-hydrogen) atoms. The Morgan fingerprint density at radius 3 is 0.376 bits per heavy atom. The Labute approximate surface area is 834 Å². The normalized spacial score (nSPS) is 11.5. The fraction of sp³-hybridized carbons (Fsp3) is 0.119. The summed E-state index contributed by atoms with van der Waals surface area (Å²) in [4.78, 5) is 33.8. The van der Waals surface area contributed by atoms with Crippen LogP contribution in [-0.4, -0.2) is 119 Å².